The van der Waals surface area contributed by atoms with Gasteiger partial charge in [-0.1, -0.05) is 24.3 Å². The molecule has 1 atom stereocenters. The van der Waals surface area contributed by atoms with Gasteiger partial charge < -0.3 is 5.32 Å². The summed E-state index contributed by atoms with van der Waals surface area (Å²) in [4.78, 5) is 11.8. The first-order valence-electron chi connectivity index (χ1n) is 6.00. The van der Waals surface area contributed by atoms with Crippen LogP contribution in [0.15, 0.2) is 24.3 Å². The Hall–Kier alpha value is -1.36. The second-order valence-electron chi connectivity index (χ2n) is 4.74. The van der Waals surface area contributed by atoms with Gasteiger partial charge in [-0.2, -0.15) is 0 Å². The molecule has 0 bridgehead atoms. The highest BCUT2D eigenvalue weighted by atomic mass is 32.2. The molecule has 0 radical (unpaired) electrons. The van der Waals surface area contributed by atoms with Crippen LogP contribution in [0.3, 0.4) is 0 Å². The molecule has 1 aromatic rings. The van der Waals surface area contributed by atoms with Crippen molar-refractivity contribution >= 4 is 15.7 Å². The van der Waals surface area contributed by atoms with E-state index in [9.17, 15) is 13.2 Å². The van der Waals surface area contributed by atoms with Crippen LogP contribution in [0.1, 0.15) is 17.5 Å². The second kappa shape index (κ2) is 5.10. The molecule has 4 nitrogen and oxygen atoms in total. The van der Waals surface area contributed by atoms with E-state index in [1.54, 1.807) is 0 Å². The maximum Gasteiger partial charge on any atom is 0.224 e. The Balaban J connectivity index is 1.92. The molecule has 5 heteroatoms. The quantitative estimate of drug-likeness (QED) is 0.890. The molecule has 1 amide bonds. The summed E-state index contributed by atoms with van der Waals surface area (Å²) in [7, 11) is -2.99. The lowest BCUT2D eigenvalue weighted by molar-refractivity contribution is -0.124. The summed E-state index contributed by atoms with van der Waals surface area (Å²) in [6.07, 6.45) is 0.446. The van der Waals surface area contributed by atoms with E-state index in [1.165, 1.54) is 0 Å². The van der Waals surface area contributed by atoms with Gasteiger partial charge in [-0.05, 0) is 24.5 Å². The molecule has 1 fully saturated rings. The lowest BCUT2D eigenvalue weighted by atomic mass is 10.1. The van der Waals surface area contributed by atoms with Crippen LogP contribution in [-0.4, -0.2) is 25.8 Å². The van der Waals surface area contributed by atoms with E-state index >= 15 is 0 Å². The van der Waals surface area contributed by atoms with Crippen LogP contribution in [0.2, 0.25) is 0 Å². The number of aryl methyl sites for hydroxylation is 1. The van der Waals surface area contributed by atoms with Crippen molar-refractivity contribution in [2.45, 2.75) is 19.9 Å². The summed E-state index contributed by atoms with van der Waals surface area (Å²) in [5.41, 5.74) is 2.18. The van der Waals surface area contributed by atoms with Crippen LogP contribution >= 0.6 is 0 Å². The van der Waals surface area contributed by atoms with E-state index in [4.69, 9.17) is 0 Å². The van der Waals surface area contributed by atoms with Crippen molar-refractivity contribution in [1.29, 1.82) is 0 Å². The summed E-state index contributed by atoms with van der Waals surface area (Å²) in [5, 5.41) is 2.82. The normalized spacial score (nSPS) is 21.7. The number of sulfone groups is 1. The minimum absolute atomic E-state index is 0.00734. The van der Waals surface area contributed by atoms with Gasteiger partial charge in [-0.25, -0.2) is 8.42 Å². The number of nitrogens with one attached hydrogen (secondary N) is 1. The molecule has 98 valence electrons. The van der Waals surface area contributed by atoms with Crippen LogP contribution < -0.4 is 5.32 Å². The highest BCUT2D eigenvalue weighted by Crippen LogP contribution is 2.18. The fourth-order valence-electron chi connectivity index (χ4n) is 2.14. The largest absolute Gasteiger partial charge is 0.352 e. The third-order valence-electron chi connectivity index (χ3n) is 3.32. The van der Waals surface area contributed by atoms with E-state index in [1.807, 2.05) is 31.2 Å². The summed E-state index contributed by atoms with van der Waals surface area (Å²) in [5.74, 6) is -0.402. The van der Waals surface area contributed by atoms with Gasteiger partial charge in [0.25, 0.3) is 0 Å². The van der Waals surface area contributed by atoms with E-state index in [2.05, 4.69) is 5.32 Å². The maximum absolute atomic E-state index is 11.8. The van der Waals surface area contributed by atoms with E-state index in [0.717, 1.165) is 11.1 Å². The van der Waals surface area contributed by atoms with Gasteiger partial charge in [0.1, 0.15) is 0 Å². The molecule has 0 saturated carbocycles. The van der Waals surface area contributed by atoms with Crippen molar-refractivity contribution < 1.29 is 13.2 Å². The Bertz CT molecular complexity index is 551. The molecule has 0 spiro atoms. The van der Waals surface area contributed by atoms with Crippen molar-refractivity contribution in [2.24, 2.45) is 5.92 Å². The van der Waals surface area contributed by atoms with E-state index < -0.39 is 9.84 Å². The lowest BCUT2D eigenvalue weighted by Gasteiger charge is -2.10. The van der Waals surface area contributed by atoms with Gasteiger partial charge in [0.2, 0.25) is 5.91 Å². The molecule has 1 aromatic carbocycles. The van der Waals surface area contributed by atoms with Crippen molar-refractivity contribution in [1.82, 2.24) is 5.32 Å². The van der Waals surface area contributed by atoms with Crippen LogP contribution in [0.25, 0.3) is 0 Å². The third kappa shape index (κ3) is 3.10. The average Bonchev–Trinajstić information content (AvgIpc) is 2.68. The molecular formula is C13H17NO3S. The summed E-state index contributed by atoms with van der Waals surface area (Å²) in [6.45, 7) is 2.45. The molecular weight excluding hydrogens is 250 g/mol. The van der Waals surface area contributed by atoms with Gasteiger partial charge in [0, 0.05) is 6.54 Å². The zero-order chi connectivity index (χ0) is 13.2. The lowest BCUT2D eigenvalue weighted by Crippen LogP contribution is -2.31. The second-order valence-corrected chi connectivity index (χ2v) is 6.97. The number of hydrogen-bond donors (Lipinski definition) is 1. The fraction of sp³-hybridized carbons (Fsp3) is 0.462. The van der Waals surface area contributed by atoms with Crippen LogP contribution in [-0.2, 0) is 21.2 Å². The summed E-state index contributed by atoms with van der Waals surface area (Å²) in [6, 6.07) is 7.82. The van der Waals surface area contributed by atoms with Crippen LogP contribution in [0.4, 0.5) is 0 Å². The first-order valence-corrected chi connectivity index (χ1v) is 7.83. The van der Waals surface area contributed by atoms with Crippen molar-refractivity contribution in [3.63, 3.8) is 0 Å². The number of hydrogen-bond acceptors (Lipinski definition) is 3. The first-order chi connectivity index (χ1) is 8.48. The number of carbonyl (C=O) groups is 1. The number of amides is 1. The Morgan fingerprint density at radius 3 is 2.72 bits per heavy atom. The zero-order valence-electron chi connectivity index (χ0n) is 10.3. The predicted molar refractivity (Wildman–Crippen MR) is 69.8 cm³/mol. The molecule has 2 rings (SSSR count). The predicted octanol–water partition coefficient (Wildman–Crippen LogP) is 1.05. The zero-order valence-corrected chi connectivity index (χ0v) is 11.2. The average molecular weight is 267 g/mol. The Labute approximate surface area is 107 Å². The monoisotopic (exact) mass is 267 g/mol. The molecule has 1 aliphatic heterocycles. The van der Waals surface area contributed by atoms with Crippen LogP contribution in [0, 0.1) is 12.8 Å². The summed E-state index contributed by atoms with van der Waals surface area (Å²) >= 11 is 0. The molecule has 18 heavy (non-hydrogen) atoms. The molecule has 1 heterocycles. The van der Waals surface area contributed by atoms with Crippen molar-refractivity contribution in [3.8, 4) is 0 Å². The van der Waals surface area contributed by atoms with Crippen LogP contribution in [0.5, 0.6) is 0 Å². The van der Waals surface area contributed by atoms with Crippen molar-refractivity contribution in [2.75, 3.05) is 11.5 Å². The minimum atomic E-state index is -2.99. The number of carbonyl (C=O) groups excluding carboxylic acids is 1. The van der Waals surface area contributed by atoms with Gasteiger partial charge in [-0.3, -0.25) is 4.79 Å². The topological polar surface area (TPSA) is 63.2 Å². The third-order valence-corrected chi connectivity index (χ3v) is 5.09. The minimum Gasteiger partial charge on any atom is -0.352 e. The Kier molecular flexibility index (Phi) is 3.71. The molecule has 1 saturated heterocycles. The van der Waals surface area contributed by atoms with E-state index in [0.29, 0.717) is 13.0 Å². The Morgan fingerprint density at radius 1 is 1.39 bits per heavy atom. The SMILES string of the molecule is Cc1ccccc1CNC(=O)[C@@H]1CCS(=O)(=O)C1. The molecule has 0 aliphatic carbocycles. The Morgan fingerprint density at radius 2 is 2.11 bits per heavy atom. The van der Waals surface area contributed by atoms with Crippen molar-refractivity contribution in [3.05, 3.63) is 35.4 Å². The summed E-state index contributed by atoms with van der Waals surface area (Å²) < 4.78 is 22.6. The maximum atomic E-state index is 11.8. The highest BCUT2D eigenvalue weighted by Gasteiger charge is 2.32. The number of rotatable bonds is 3. The highest BCUT2D eigenvalue weighted by molar-refractivity contribution is 7.91. The molecule has 0 aromatic heterocycles. The smallest absolute Gasteiger partial charge is 0.224 e. The molecule has 0 unspecified atom stereocenters. The van der Waals surface area contributed by atoms with E-state index in [-0.39, 0.29) is 23.3 Å². The van der Waals surface area contributed by atoms with Gasteiger partial charge in [0.05, 0.1) is 17.4 Å². The van der Waals surface area contributed by atoms with Gasteiger partial charge in [0.15, 0.2) is 9.84 Å². The molecule has 1 N–H and O–H groups in total. The standard InChI is InChI=1S/C13H17NO3S/c1-10-4-2-3-5-11(10)8-14-13(15)12-6-7-18(16,17)9-12/h2-5,12H,6-9H2,1H3,(H,14,15)/t12-/m1/s1. The fourth-order valence-corrected chi connectivity index (χ4v) is 3.88. The first kappa shape index (κ1) is 13.1. The van der Waals surface area contributed by atoms with Gasteiger partial charge in [-0.15, -0.1) is 0 Å². The van der Waals surface area contributed by atoms with Gasteiger partial charge >= 0.3 is 0 Å². The number of benzene rings is 1. The molecule has 1 aliphatic rings.